The Labute approximate surface area is 98.2 Å². The van der Waals surface area contributed by atoms with E-state index in [1.54, 1.807) is 17.9 Å². The van der Waals surface area contributed by atoms with E-state index in [-0.39, 0.29) is 5.91 Å². The summed E-state index contributed by atoms with van der Waals surface area (Å²) >= 11 is 3.31. The molecule has 0 radical (unpaired) electrons. The fourth-order valence-corrected chi connectivity index (χ4v) is 1.62. The van der Waals surface area contributed by atoms with Crippen LogP contribution in [0.4, 0.5) is 0 Å². The molecule has 0 aliphatic heterocycles. The van der Waals surface area contributed by atoms with Crippen LogP contribution >= 0.6 is 15.9 Å². The third-order valence-corrected chi connectivity index (χ3v) is 3.12. The number of halogens is 1. The zero-order chi connectivity index (χ0) is 11.3. The zero-order valence-electron chi connectivity index (χ0n) is 9.09. The van der Waals surface area contributed by atoms with Crippen LogP contribution in [-0.2, 0) is 7.05 Å². The van der Waals surface area contributed by atoms with Crippen LogP contribution in [0, 0.1) is 0 Å². The summed E-state index contributed by atoms with van der Waals surface area (Å²) in [5, 5.41) is 6.86. The van der Waals surface area contributed by atoms with Gasteiger partial charge in [0, 0.05) is 13.6 Å². The topological polar surface area (TPSA) is 46.9 Å². The van der Waals surface area contributed by atoms with Crippen molar-refractivity contribution in [2.45, 2.75) is 26.2 Å². The molecule has 0 aliphatic rings. The van der Waals surface area contributed by atoms with E-state index >= 15 is 0 Å². The number of hydrogen-bond acceptors (Lipinski definition) is 2. The van der Waals surface area contributed by atoms with E-state index in [0.29, 0.717) is 5.56 Å². The molecule has 84 valence electrons. The van der Waals surface area contributed by atoms with Gasteiger partial charge in [-0.15, -0.1) is 0 Å². The van der Waals surface area contributed by atoms with Crippen molar-refractivity contribution in [3.63, 3.8) is 0 Å². The maximum Gasteiger partial charge on any atom is 0.255 e. The molecule has 0 unspecified atom stereocenters. The molecule has 1 heterocycles. The van der Waals surface area contributed by atoms with Crippen molar-refractivity contribution < 1.29 is 4.79 Å². The van der Waals surface area contributed by atoms with Crippen LogP contribution < -0.4 is 5.32 Å². The predicted octanol–water partition coefficient (Wildman–Crippen LogP) is 2.10. The predicted molar refractivity (Wildman–Crippen MR) is 62.8 cm³/mol. The Morgan fingerprint density at radius 2 is 2.33 bits per heavy atom. The van der Waals surface area contributed by atoms with E-state index in [1.165, 1.54) is 0 Å². The number of amides is 1. The van der Waals surface area contributed by atoms with E-state index in [4.69, 9.17) is 0 Å². The van der Waals surface area contributed by atoms with Gasteiger partial charge in [0.05, 0.1) is 11.8 Å². The lowest BCUT2D eigenvalue weighted by Gasteiger charge is -2.03. The van der Waals surface area contributed by atoms with Crippen molar-refractivity contribution in [2.75, 3.05) is 6.54 Å². The number of unbranched alkanes of at least 4 members (excludes halogenated alkanes) is 2. The number of carbonyl (C=O) groups is 1. The van der Waals surface area contributed by atoms with Gasteiger partial charge in [0.25, 0.3) is 5.91 Å². The van der Waals surface area contributed by atoms with E-state index in [1.807, 2.05) is 0 Å². The van der Waals surface area contributed by atoms with E-state index in [2.05, 4.69) is 33.3 Å². The Bertz CT molecular complexity index is 335. The third kappa shape index (κ3) is 3.34. The van der Waals surface area contributed by atoms with Gasteiger partial charge in [-0.2, -0.15) is 5.10 Å². The first-order valence-corrected chi connectivity index (χ1v) is 5.91. The molecule has 0 aliphatic carbocycles. The maximum atomic E-state index is 11.6. The van der Waals surface area contributed by atoms with Crippen LogP contribution in [-0.4, -0.2) is 22.2 Å². The van der Waals surface area contributed by atoms with Crippen molar-refractivity contribution >= 4 is 21.8 Å². The quantitative estimate of drug-likeness (QED) is 0.836. The summed E-state index contributed by atoms with van der Waals surface area (Å²) in [7, 11) is 1.79. The van der Waals surface area contributed by atoms with Gasteiger partial charge in [0.2, 0.25) is 0 Å². The number of aromatic nitrogens is 2. The summed E-state index contributed by atoms with van der Waals surface area (Å²) in [5.74, 6) is -0.0638. The molecule has 0 aromatic carbocycles. The van der Waals surface area contributed by atoms with Crippen molar-refractivity contribution in [1.29, 1.82) is 0 Å². The highest BCUT2D eigenvalue weighted by Crippen LogP contribution is 2.14. The second kappa shape index (κ2) is 5.90. The minimum atomic E-state index is -0.0638. The summed E-state index contributed by atoms with van der Waals surface area (Å²) in [4.78, 5) is 11.6. The molecule has 1 aromatic heterocycles. The highest BCUT2D eigenvalue weighted by atomic mass is 79.9. The van der Waals surface area contributed by atoms with Crippen molar-refractivity contribution in [3.05, 3.63) is 16.4 Å². The van der Waals surface area contributed by atoms with E-state index < -0.39 is 0 Å². The average Bonchev–Trinajstić information content (AvgIpc) is 2.55. The summed E-state index contributed by atoms with van der Waals surface area (Å²) < 4.78 is 2.34. The van der Waals surface area contributed by atoms with Gasteiger partial charge >= 0.3 is 0 Å². The van der Waals surface area contributed by atoms with Gasteiger partial charge in [-0.05, 0) is 22.4 Å². The largest absolute Gasteiger partial charge is 0.352 e. The first kappa shape index (κ1) is 12.2. The number of carbonyl (C=O) groups excluding carboxylic acids is 1. The summed E-state index contributed by atoms with van der Waals surface area (Å²) in [6.07, 6.45) is 4.90. The van der Waals surface area contributed by atoms with Crippen molar-refractivity contribution in [1.82, 2.24) is 15.1 Å². The molecule has 1 amide bonds. The minimum absolute atomic E-state index is 0.0638. The first-order valence-electron chi connectivity index (χ1n) is 5.12. The highest BCUT2D eigenvalue weighted by molar-refractivity contribution is 9.10. The number of rotatable bonds is 5. The molecule has 1 aromatic rings. The van der Waals surface area contributed by atoms with Crippen molar-refractivity contribution in [2.24, 2.45) is 7.05 Å². The average molecular weight is 274 g/mol. The minimum Gasteiger partial charge on any atom is -0.352 e. The molecule has 0 fully saturated rings. The molecular formula is C10H16BrN3O. The fourth-order valence-electron chi connectivity index (χ4n) is 1.25. The second-order valence-corrected chi connectivity index (χ2v) is 4.19. The van der Waals surface area contributed by atoms with Crippen LogP contribution in [0.15, 0.2) is 10.8 Å². The lowest BCUT2D eigenvalue weighted by Crippen LogP contribution is -2.24. The van der Waals surface area contributed by atoms with Gasteiger partial charge in [0.15, 0.2) is 0 Å². The first-order chi connectivity index (χ1) is 7.16. The fraction of sp³-hybridized carbons (Fsp3) is 0.600. The summed E-state index contributed by atoms with van der Waals surface area (Å²) in [6, 6.07) is 0. The Morgan fingerprint density at radius 1 is 1.60 bits per heavy atom. The number of nitrogens with zero attached hydrogens (tertiary/aromatic N) is 2. The Morgan fingerprint density at radius 3 is 2.87 bits per heavy atom. The van der Waals surface area contributed by atoms with Gasteiger partial charge in [-0.1, -0.05) is 19.8 Å². The lowest BCUT2D eigenvalue weighted by molar-refractivity contribution is 0.0952. The van der Waals surface area contributed by atoms with Crippen molar-refractivity contribution in [3.8, 4) is 0 Å². The molecular weight excluding hydrogens is 258 g/mol. The molecule has 15 heavy (non-hydrogen) atoms. The Hall–Kier alpha value is -0.840. The zero-order valence-corrected chi connectivity index (χ0v) is 10.7. The summed E-state index contributed by atoms with van der Waals surface area (Å²) in [6.45, 7) is 2.87. The molecule has 5 heteroatoms. The standard InChI is InChI=1S/C10H16BrN3O/c1-3-4-5-6-12-10(15)8-7-13-14(2)9(8)11/h7H,3-6H2,1-2H3,(H,12,15). The maximum absolute atomic E-state index is 11.6. The molecule has 4 nitrogen and oxygen atoms in total. The van der Waals surface area contributed by atoms with Gasteiger partial charge in [-0.25, -0.2) is 0 Å². The summed E-state index contributed by atoms with van der Waals surface area (Å²) in [5.41, 5.74) is 0.592. The van der Waals surface area contributed by atoms with E-state index in [0.717, 1.165) is 30.4 Å². The van der Waals surface area contributed by atoms with Gasteiger partial charge in [-0.3, -0.25) is 9.48 Å². The smallest absolute Gasteiger partial charge is 0.255 e. The van der Waals surface area contributed by atoms with Crippen LogP contribution in [0.1, 0.15) is 36.5 Å². The molecule has 0 atom stereocenters. The number of nitrogens with one attached hydrogen (secondary N) is 1. The molecule has 0 saturated carbocycles. The van der Waals surface area contributed by atoms with Crippen LogP contribution in [0.5, 0.6) is 0 Å². The van der Waals surface area contributed by atoms with Crippen LogP contribution in [0.25, 0.3) is 0 Å². The Kier molecular flexibility index (Phi) is 4.81. The number of hydrogen-bond donors (Lipinski definition) is 1. The SMILES string of the molecule is CCCCCNC(=O)c1cnn(C)c1Br. The van der Waals surface area contributed by atoms with Gasteiger partial charge < -0.3 is 5.32 Å². The lowest BCUT2D eigenvalue weighted by atomic mass is 10.2. The Balaban J connectivity index is 2.44. The molecule has 0 saturated heterocycles. The number of aryl methyl sites for hydroxylation is 1. The van der Waals surface area contributed by atoms with E-state index in [9.17, 15) is 4.79 Å². The third-order valence-electron chi connectivity index (χ3n) is 2.18. The molecule has 1 rings (SSSR count). The molecule has 1 N–H and O–H groups in total. The molecule has 0 spiro atoms. The normalized spacial score (nSPS) is 10.3. The monoisotopic (exact) mass is 273 g/mol. The second-order valence-electron chi connectivity index (χ2n) is 3.44. The highest BCUT2D eigenvalue weighted by Gasteiger charge is 2.12. The van der Waals surface area contributed by atoms with Crippen LogP contribution in [0.2, 0.25) is 0 Å². The van der Waals surface area contributed by atoms with Gasteiger partial charge in [0.1, 0.15) is 4.60 Å². The van der Waals surface area contributed by atoms with Crippen LogP contribution in [0.3, 0.4) is 0 Å². The molecule has 0 bridgehead atoms.